The Bertz CT molecular complexity index is 713. The van der Waals surface area contributed by atoms with Crippen LogP contribution in [0, 0.1) is 0 Å². The smallest absolute Gasteiger partial charge is 0.274 e. The number of methoxy groups -OCH3 is 1. The van der Waals surface area contributed by atoms with Crippen LogP contribution in [0.1, 0.15) is 29.8 Å². The monoisotopic (exact) mass is 408 g/mol. The Labute approximate surface area is 169 Å². The van der Waals surface area contributed by atoms with Crippen LogP contribution in [0.15, 0.2) is 12.3 Å². The Balaban J connectivity index is 1.21. The van der Waals surface area contributed by atoms with Gasteiger partial charge in [0.1, 0.15) is 12.3 Å². The number of amides is 2. The van der Waals surface area contributed by atoms with Crippen LogP contribution >= 0.6 is 11.8 Å². The molecule has 3 aliphatic rings. The Morgan fingerprint density at radius 2 is 2.07 bits per heavy atom. The molecule has 4 rings (SSSR count). The van der Waals surface area contributed by atoms with Crippen LogP contribution in [0.3, 0.4) is 0 Å². The maximum absolute atomic E-state index is 12.6. The molecule has 0 bridgehead atoms. The van der Waals surface area contributed by atoms with Gasteiger partial charge in [0, 0.05) is 45.2 Å². The molecule has 1 aromatic heterocycles. The second kappa shape index (κ2) is 8.42. The molecule has 4 heterocycles. The zero-order chi connectivity index (χ0) is 19.6. The highest BCUT2D eigenvalue weighted by molar-refractivity contribution is 8.01. The number of ether oxygens (including phenoxy) is 2. The number of hydrogen-bond acceptors (Lipinski definition) is 6. The molecule has 3 aliphatic heterocycles. The van der Waals surface area contributed by atoms with Crippen molar-refractivity contribution < 1.29 is 19.1 Å². The molecule has 1 aromatic rings. The van der Waals surface area contributed by atoms with Gasteiger partial charge in [0.05, 0.1) is 24.0 Å². The van der Waals surface area contributed by atoms with Crippen molar-refractivity contribution in [3.05, 3.63) is 18.0 Å². The predicted molar refractivity (Wildman–Crippen MR) is 105 cm³/mol. The van der Waals surface area contributed by atoms with E-state index in [9.17, 15) is 9.59 Å². The highest BCUT2D eigenvalue weighted by Crippen LogP contribution is 2.46. The molecule has 2 amide bonds. The second-order valence-corrected chi connectivity index (χ2v) is 9.33. The fraction of sp³-hybridized carbons (Fsp3) is 0.737. The van der Waals surface area contributed by atoms with Crippen molar-refractivity contribution in [2.24, 2.45) is 0 Å². The number of aromatic nitrogens is 2. The van der Waals surface area contributed by atoms with Gasteiger partial charge in [-0.05, 0) is 25.3 Å². The van der Waals surface area contributed by atoms with Crippen molar-refractivity contribution in [2.75, 3.05) is 52.3 Å². The Hall–Kier alpha value is -1.58. The SMILES string of the molecule is COCCn1ccc(C(=O)N2CC3(CC(OCC(=O)N4CCCC4)CS3)C2)n1. The van der Waals surface area contributed by atoms with Crippen molar-refractivity contribution in [3.8, 4) is 0 Å². The zero-order valence-electron chi connectivity index (χ0n) is 16.3. The number of thioether (sulfide) groups is 1. The van der Waals surface area contributed by atoms with Gasteiger partial charge in [-0.2, -0.15) is 5.10 Å². The molecular formula is C19H28N4O4S. The largest absolute Gasteiger partial charge is 0.383 e. The quantitative estimate of drug-likeness (QED) is 0.666. The molecule has 8 nitrogen and oxygen atoms in total. The lowest BCUT2D eigenvalue weighted by molar-refractivity contribution is -0.136. The normalized spacial score (nSPS) is 23.4. The van der Waals surface area contributed by atoms with Gasteiger partial charge in [-0.1, -0.05) is 0 Å². The molecule has 0 aromatic carbocycles. The van der Waals surface area contributed by atoms with Gasteiger partial charge < -0.3 is 19.3 Å². The first-order chi connectivity index (χ1) is 13.6. The van der Waals surface area contributed by atoms with Gasteiger partial charge in [0.2, 0.25) is 5.91 Å². The summed E-state index contributed by atoms with van der Waals surface area (Å²) in [5, 5.41) is 4.34. The third-order valence-electron chi connectivity index (χ3n) is 5.71. The minimum Gasteiger partial charge on any atom is -0.383 e. The van der Waals surface area contributed by atoms with Crippen molar-refractivity contribution in [1.82, 2.24) is 19.6 Å². The summed E-state index contributed by atoms with van der Waals surface area (Å²) in [4.78, 5) is 28.5. The summed E-state index contributed by atoms with van der Waals surface area (Å²) >= 11 is 1.87. The first-order valence-electron chi connectivity index (χ1n) is 9.94. The van der Waals surface area contributed by atoms with E-state index in [2.05, 4.69) is 5.10 Å². The minimum absolute atomic E-state index is 0.0176. The van der Waals surface area contributed by atoms with Crippen molar-refractivity contribution in [2.45, 2.75) is 36.7 Å². The molecule has 3 saturated heterocycles. The summed E-state index contributed by atoms with van der Waals surface area (Å²) in [7, 11) is 1.65. The standard InChI is InChI=1S/C19H28N4O4S/c1-26-9-8-23-7-4-16(20-23)18(25)22-13-19(14-22)10-15(12-28-19)27-11-17(24)21-5-2-3-6-21/h4,7,15H,2-3,5-6,8-14H2,1H3. The van der Waals surface area contributed by atoms with Crippen molar-refractivity contribution >= 4 is 23.6 Å². The summed E-state index contributed by atoms with van der Waals surface area (Å²) < 4.78 is 12.7. The lowest BCUT2D eigenvalue weighted by Crippen LogP contribution is -2.60. The third kappa shape index (κ3) is 4.21. The molecule has 0 aliphatic carbocycles. The maximum atomic E-state index is 12.6. The molecule has 154 valence electrons. The summed E-state index contributed by atoms with van der Waals surface area (Å²) in [6.45, 7) is 4.57. The highest BCUT2D eigenvalue weighted by Gasteiger charge is 2.51. The van der Waals surface area contributed by atoms with Gasteiger partial charge in [-0.25, -0.2) is 0 Å². The Morgan fingerprint density at radius 3 is 2.82 bits per heavy atom. The van der Waals surface area contributed by atoms with Crippen LogP contribution in [-0.4, -0.2) is 94.5 Å². The number of nitrogens with zero attached hydrogens (tertiary/aromatic N) is 4. The third-order valence-corrected chi connectivity index (χ3v) is 7.28. The van der Waals surface area contributed by atoms with Crippen molar-refractivity contribution in [3.63, 3.8) is 0 Å². The number of rotatable bonds is 7. The zero-order valence-corrected chi connectivity index (χ0v) is 17.2. The molecule has 0 N–H and O–H groups in total. The summed E-state index contributed by atoms with van der Waals surface area (Å²) in [6, 6.07) is 1.76. The van der Waals surface area contributed by atoms with E-state index in [1.165, 1.54) is 0 Å². The van der Waals surface area contributed by atoms with E-state index in [0.29, 0.717) is 18.8 Å². The second-order valence-electron chi connectivity index (χ2n) is 7.84. The minimum atomic E-state index is -0.0176. The van der Waals surface area contributed by atoms with E-state index in [0.717, 1.165) is 51.2 Å². The molecule has 1 atom stereocenters. The van der Waals surface area contributed by atoms with E-state index in [1.54, 1.807) is 17.9 Å². The fourth-order valence-corrected chi connectivity index (χ4v) is 5.67. The Kier molecular flexibility index (Phi) is 5.93. The molecule has 0 radical (unpaired) electrons. The molecule has 1 spiro atoms. The van der Waals surface area contributed by atoms with Gasteiger partial charge >= 0.3 is 0 Å². The molecule has 9 heteroatoms. The van der Waals surface area contributed by atoms with E-state index in [-0.39, 0.29) is 29.3 Å². The maximum Gasteiger partial charge on any atom is 0.274 e. The van der Waals surface area contributed by atoms with Crippen LogP contribution in [0.25, 0.3) is 0 Å². The summed E-state index contributed by atoms with van der Waals surface area (Å²) in [5.41, 5.74) is 0.484. The summed E-state index contributed by atoms with van der Waals surface area (Å²) in [6.07, 6.45) is 5.01. The average Bonchev–Trinajstić information content (AvgIpc) is 3.43. The highest BCUT2D eigenvalue weighted by atomic mass is 32.2. The Morgan fingerprint density at radius 1 is 1.29 bits per heavy atom. The predicted octanol–water partition coefficient (Wildman–Crippen LogP) is 0.869. The molecule has 0 saturated carbocycles. The van der Waals surface area contributed by atoms with Gasteiger partial charge in [0.25, 0.3) is 5.91 Å². The molecular weight excluding hydrogens is 380 g/mol. The average molecular weight is 409 g/mol. The molecule has 28 heavy (non-hydrogen) atoms. The fourth-order valence-electron chi connectivity index (χ4n) is 4.12. The lowest BCUT2D eigenvalue weighted by Gasteiger charge is -2.47. The van der Waals surface area contributed by atoms with E-state index in [4.69, 9.17) is 9.47 Å². The molecule has 3 fully saturated rings. The van der Waals surface area contributed by atoms with Crippen LogP contribution in [0.2, 0.25) is 0 Å². The number of likely N-dealkylation sites (tertiary alicyclic amines) is 2. The summed E-state index contributed by atoms with van der Waals surface area (Å²) in [5.74, 6) is 0.981. The van der Waals surface area contributed by atoms with Crippen LogP contribution in [-0.2, 0) is 20.8 Å². The first-order valence-corrected chi connectivity index (χ1v) is 10.9. The van der Waals surface area contributed by atoms with Gasteiger partial charge in [-0.15, -0.1) is 11.8 Å². The van der Waals surface area contributed by atoms with Crippen LogP contribution < -0.4 is 0 Å². The van der Waals surface area contributed by atoms with Crippen molar-refractivity contribution in [1.29, 1.82) is 0 Å². The topological polar surface area (TPSA) is 76.9 Å². The number of carbonyl (C=O) groups is 2. The van der Waals surface area contributed by atoms with E-state index >= 15 is 0 Å². The molecule has 1 unspecified atom stereocenters. The first kappa shape index (κ1) is 19.7. The van der Waals surface area contributed by atoms with Gasteiger partial charge in [0.15, 0.2) is 0 Å². The van der Waals surface area contributed by atoms with Crippen LogP contribution in [0.4, 0.5) is 0 Å². The van der Waals surface area contributed by atoms with E-state index < -0.39 is 0 Å². The van der Waals surface area contributed by atoms with Crippen LogP contribution in [0.5, 0.6) is 0 Å². The number of hydrogen-bond donors (Lipinski definition) is 0. The number of carbonyl (C=O) groups excluding carboxylic acids is 2. The lowest BCUT2D eigenvalue weighted by atomic mass is 9.92. The van der Waals surface area contributed by atoms with Gasteiger partial charge in [-0.3, -0.25) is 14.3 Å². The van der Waals surface area contributed by atoms with E-state index in [1.807, 2.05) is 27.8 Å².